The summed E-state index contributed by atoms with van der Waals surface area (Å²) in [4.78, 5) is 51.1. The van der Waals surface area contributed by atoms with E-state index < -0.39 is 40.0 Å². The highest BCUT2D eigenvalue weighted by Gasteiger charge is 2.58. The summed E-state index contributed by atoms with van der Waals surface area (Å²) in [5.41, 5.74) is 5.97. The average molecular weight is 449 g/mol. The van der Waals surface area contributed by atoms with Crippen molar-refractivity contribution in [2.24, 2.45) is 17.6 Å². The highest BCUT2D eigenvalue weighted by molar-refractivity contribution is 5.99. The number of halogens is 1. The number of amides is 4. The van der Waals surface area contributed by atoms with Crippen molar-refractivity contribution in [3.63, 3.8) is 0 Å². The Bertz CT molecular complexity index is 902. The van der Waals surface area contributed by atoms with Crippen molar-refractivity contribution in [1.82, 2.24) is 5.06 Å². The van der Waals surface area contributed by atoms with Crippen LogP contribution in [-0.2, 0) is 14.4 Å². The van der Waals surface area contributed by atoms with Gasteiger partial charge in [-0.25, -0.2) is 19.0 Å². The minimum absolute atomic E-state index is 0.00883. The second-order valence-corrected chi connectivity index (χ2v) is 9.07. The molecule has 1 unspecified atom stereocenters. The second kappa shape index (κ2) is 9.87. The van der Waals surface area contributed by atoms with Crippen LogP contribution < -0.4 is 5.73 Å². The van der Waals surface area contributed by atoms with Crippen molar-refractivity contribution in [1.29, 1.82) is 0 Å². The first kappa shape index (κ1) is 24.0. The fourth-order valence-corrected chi connectivity index (χ4v) is 5.33. The molecule has 2 fully saturated rings. The maximum absolute atomic E-state index is 14.2. The predicted molar refractivity (Wildman–Crippen MR) is 112 cm³/mol. The average Bonchev–Trinajstić information content (AvgIpc) is 3.44. The molecule has 0 spiro atoms. The number of benzene rings is 1. The minimum atomic E-state index is -1.08. The number of hydrogen-bond donors (Lipinski definition) is 2. The largest absolute Gasteiger partial charge is 0.364 e. The molecule has 1 saturated carbocycles. The van der Waals surface area contributed by atoms with Crippen LogP contribution in [0.5, 0.6) is 0 Å². The van der Waals surface area contributed by atoms with Crippen LogP contribution in [0.1, 0.15) is 60.9 Å². The van der Waals surface area contributed by atoms with Crippen LogP contribution in [0.4, 0.5) is 4.39 Å². The number of likely N-dealkylation sites (tertiary alicyclic amines) is 1. The number of carbonyl (C=O) groups is 4. The number of quaternary nitrogens is 1. The fraction of sp³-hybridized carbons (Fsp3) is 0.565. The molecule has 32 heavy (non-hydrogen) atoms. The third-order valence-electron chi connectivity index (χ3n) is 6.99. The van der Waals surface area contributed by atoms with Crippen LogP contribution in [-0.4, -0.2) is 58.0 Å². The number of aryl methyl sites for hydroxylation is 1. The van der Waals surface area contributed by atoms with Gasteiger partial charge in [0.2, 0.25) is 6.41 Å². The first-order valence-corrected chi connectivity index (χ1v) is 11.1. The fourth-order valence-electron chi connectivity index (χ4n) is 5.33. The minimum Gasteiger partial charge on any atom is -0.364 e. The van der Waals surface area contributed by atoms with E-state index in [2.05, 4.69) is 0 Å². The zero-order valence-corrected chi connectivity index (χ0v) is 18.3. The number of rotatable bonds is 8. The Balaban J connectivity index is 2.04. The lowest BCUT2D eigenvalue weighted by atomic mass is 9.90. The summed E-state index contributed by atoms with van der Waals surface area (Å²) in [5, 5.41) is 10.3. The SMILES string of the molecule is Cc1ccc(C(=O)[N+]2(C(=O)[C@H](CC3CCCC3)CN(O)C=O)CCC[C@H]2C(N)=O)cc1F. The number of hydroxylamine groups is 2. The molecule has 3 N–H and O–H groups in total. The lowest BCUT2D eigenvalue weighted by molar-refractivity contribution is -0.777. The summed E-state index contributed by atoms with van der Waals surface area (Å²) in [5.74, 6) is -3.21. The molecule has 3 rings (SSSR count). The summed E-state index contributed by atoms with van der Waals surface area (Å²) in [6.07, 6.45) is 5.21. The van der Waals surface area contributed by atoms with Gasteiger partial charge in [-0.1, -0.05) is 31.7 Å². The Morgan fingerprint density at radius 3 is 2.53 bits per heavy atom. The van der Waals surface area contributed by atoms with Gasteiger partial charge in [-0.15, -0.1) is 0 Å². The zero-order chi connectivity index (χ0) is 23.5. The molecule has 1 aromatic carbocycles. The normalized spacial score (nSPS) is 24.3. The molecule has 4 amide bonds. The molecule has 0 aromatic heterocycles. The van der Waals surface area contributed by atoms with Gasteiger partial charge in [-0.05, 0) is 37.0 Å². The van der Waals surface area contributed by atoms with E-state index in [9.17, 15) is 28.8 Å². The first-order chi connectivity index (χ1) is 15.2. The van der Waals surface area contributed by atoms with Crippen molar-refractivity contribution < 1.29 is 33.3 Å². The van der Waals surface area contributed by atoms with Crippen molar-refractivity contribution in [2.45, 2.75) is 57.9 Å². The van der Waals surface area contributed by atoms with E-state index in [-0.39, 0.29) is 37.4 Å². The van der Waals surface area contributed by atoms with Gasteiger partial charge in [0, 0.05) is 12.8 Å². The van der Waals surface area contributed by atoms with Crippen molar-refractivity contribution in [2.75, 3.05) is 13.1 Å². The standard InChI is InChI=1S/C23H30FN3O5/c1-15-8-9-17(12-19(15)24)22(30)27(10-4-7-20(27)21(25)29)23(31)18(13-26(32)14-28)11-16-5-2-3-6-16/h8-9,12,14,16,18,20,32H,2-7,10-11,13H2,1H3,(H-,25,29)/p+1/t18-,20+,27?/m1/s1. The van der Waals surface area contributed by atoms with Crippen molar-refractivity contribution in [3.8, 4) is 0 Å². The molecule has 174 valence electrons. The Morgan fingerprint density at radius 1 is 1.25 bits per heavy atom. The molecule has 2 aliphatic rings. The Hall–Kier alpha value is -2.65. The molecule has 3 atom stereocenters. The maximum Gasteiger partial charge on any atom is 0.354 e. The lowest BCUT2D eigenvalue weighted by Crippen LogP contribution is -2.65. The monoisotopic (exact) mass is 448 g/mol. The maximum atomic E-state index is 14.2. The van der Waals surface area contributed by atoms with E-state index in [1.807, 2.05) is 0 Å². The van der Waals surface area contributed by atoms with Crippen LogP contribution in [0, 0.1) is 24.6 Å². The van der Waals surface area contributed by atoms with Gasteiger partial charge >= 0.3 is 11.8 Å². The molecule has 9 heteroatoms. The van der Waals surface area contributed by atoms with Gasteiger partial charge in [0.25, 0.3) is 5.91 Å². The number of imide groups is 1. The van der Waals surface area contributed by atoms with Crippen LogP contribution >= 0.6 is 0 Å². The number of nitrogens with zero attached hydrogens (tertiary/aromatic N) is 2. The third-order valence-corrected chi connectivity index (χ3v) is 6.99. The number of nitrogens with two attached hydrogens (primary N) is 1. The number of hydrogen-bond acceptors (Lipinski definition) is 5. The van der Waals surface area contributed by atoms with E-state index in [1.54, 1.807) is 6.92 Å². The van der Waals surface area contributed by atoms with Gasteiger partial charge < -0.3 is 5.73 Å². The molecule has 1 saturated heterocycles. The van der Waals surface area contributed by atoms with Crippen LogP contribution in [0.25, 0.3) is 0 Å². The lowest BCUT2D eigenvalue weighted by Gasteiger charge is -2.36. The van der Waals surface area contributed by atoms with Crippen molar-refractivity contribution in [3.05, 3.63) is 35.1 Å². The summed E-state index contributed by atoms with van der Waals surface area (Å²) in [7, 11) is 0. The molecule has 0 radical (unpaired) electrons. The number of carbonyl (C=O) groups excluding carboxylic acids is 4. The summed E-state index contributed by atoms with van der Waals surface area (Å²) in [6.45, 7) is 1.35. The van der Waals surface area contributed by atoms with E-state index in [4.69, 9.17) is 5.73 Å². The molecular formula is C23H31FN3O5+. The van der Waals surface area contributed by atoms with Gasteiger partial charge in [0.1, 0.15) is 5.82 Å². The molecule has 8 nitrogen and oxygen atoms in total. The van der Waals surface area contributed by atoms with E-state index in [1.165, 1.54) is 12.1 Å². The van der Waals surface area contributed by atoms with E-state index >= 15 is 0 Å². The summed E-state index contributed by atoms with van der Waals surface area (Å²) < 4.78 is 13.4. The van der Waals surface area contributed by atoms with Crippen LogP contribution in [0.3, 0.4) is 0 Å². The van der Waals surface area contributed by atoms with Gasteiger partial charge in [0.05, 0.1) is 24.6 Å². The molecule has 1 aliphatic heterocycles. The zero-order valence-electron chi connectivity index (χ0n) is 18.3. The van der Waals surface area contributed by atoms with Crippen LogP contribution in [0.15, 0.2) is 18.2 Å². The molecular weight excluding hydrogens is 417 g/mol. The Labute approximate surface area is 186 Å². The predicted octanol–water partition coefficient (Wildman–Crippen LogP) is 2.31. The molecule has 1 aliphatic carbocycles. The topological polar surface area (TPSA) is 118 Å². The quantitative estimate of drug-likeness (QED) is 0.274. The first-order valence-electron chi connectivity index (χ1n) is 11.1. The second-order valence-electron chi connectivity index (χ2n) is 9.07. The molecule has 1 heterocycles. The summed E-state index contributed by atoms with van der Waals surface area (Å²) in [6, 6.07) is 2.90. The highest BCUT2D eigenvalue weighted by atomic mass is 19.1. The van der Waals surface area contributed by atoms with Crippen LogP contribution in [0.2, 0.25) is 0 Å². The van der Waals surface area contributed by atoms with Crippen molar-refractivity contribution >= 4 is 24.1 Å². The van der Waals surface area contributed by atoms with Gasteiger partial charge in [0.15, 0.2) is 6.04 Å². The van der Waals surface area contributed by atoms with Gasteiger partial charge in [-0.3, -0.25) is 14.8 Å². The van der Waals surface area contributed by atoms with Gasteiger partial charge in [-0.2, -0.15) is 4.48 Å². The smallest absolute Gasteiger partial charge is 0.354 e. The Kier molecular flexibility index (Phi) is 7.40. The van der Waals surface area contributed by atoms with E-state index in [0.717, 1.165) is 31.7 Å². The summed E-state index contributed by atoms with van der Waals surface area (Å²) >= 11 is 0. The molecule has 1 aromatic rings. The Morgan fingerprint density at radius 2 is 1.94 bits per heavy atom. The molecule has 0 bridgehead atoms. The third kappa shape index (κ3) is 4.59. The highest BCUT2D eigenvalue weighted by Crippen LogP contribution is 2.37. The van der Waals surface area contributed by atoms with E-state index in [0.29, 0.717) is 23.5 Å². The number of primary amides is 1.